The molecule has 0 aliphatic rings. The van der Waals surface area contributed by atoms with Crippen molar-refractivity contribution >= 4 is 17.3 Å². The largest absolute Gasteiger partial charge is 0.373 e. The Labute approximate surface area is 125 Å². The van der Waals surface area contributed by atoms with Crippen molar-refractivity contribution in [3.63, 3.8) is 0 Å². The van der Waals surface area contributed by atoms with Crippen molar-refractivity contribution in [2.45, 2.75) is 26.7 Å². The number of benzene rings is 1. The Bertz CT molecular complexity index is 613. The summed E-state index contributed by atoms with van der Waals surface area (Å²) in [4.78, 5) is 11.0. The van der Waals surface area contributed by atoms with Crippen LogP contribution in [0.15, 0.2) is 30.3 Å². The van der Waals surface area contributed by atoms with Crippen molar-refractivity contribution in [3.8, 4) is 0 Å². The molecule has 0 aliphatic heterocycles. The Morgan fingerprint density at radius 2 is 2.00 bits per heavy atom. The lowest BCUT2D eigenvalue weighted by Gasteiger charge is -2.23. The van der Waals surface area contributed by atoms with Gasteiger partial charge in [0.15, 0.2) is 0 Å². The third-order valence-electron chi connectivity index (χ3n) is 3.22. The fourth-order valence-corrected chi connectivity index (χ4v) is 2.10. The lowest BCUT2D eigenvalue weighted by Crippen LogP contribution is -2.19. The van der Waals surface area contributed by atoms with Gasteiger partial charge in [0, 0.05) is 31.3 Å². The molecular weight excluding hydrogens is 267 g/mol. The molecule has 1 aromatic carbocycles. The monoisotopic (exact) mass is 288 g/mol. The normalized spacial score (nSPS) is 10.8. The van der Waals surface area contributed by atoms with E-state index in [0.29, 0.717) is 6.54 Å². The molecule has 0 saturated carbocycles. The summed E-state index contributed by atoms with van der Waals surface area (Å²) in [6.45, 7) is 6.82. The maximum atomic E-state index is 13.5. The molecule has 0 spiro atoms. The molecule has 21 heavy (non-hydrogen) atoms. The second kappa shape index (κ2) is 6.52. The molecule has 1 heterocycles. The van der Waals surface area contributed by atoms with Crippen LogP contribution in [0.2, 0.25) is 0 Å². The highest BCUT2D eigenvalue weighted by molar-refractivity contribution is 5.62. The first-order chi connectivity index (χ1) is 10.0. The number of hydrogen-bond donors (Lipinski definition) is 1. The average Bonchev–Trinajstić information content (AvgIpc) is 2.47. The average molecular weight is 288 g/mol. The topological polar surface area (TPSA) is 41.0 Å². The molecule has 0 bridgehead atoms. The van der Waals surface area contributed by atoms with E-state index in [1.54, 1.807) is 6.07 Å². The van der Waals surface area contributed by atoms with Crippen molar-refractivity contribution in [2.75, 3.05) is 23.8 Å². The maximum Gasteiger partial charge on any atom is 0.138 e. The molecule has 1 N–H and O–H groups in total. The third kappa shape index (κ3) is 3.48. The number of rotatable bonds is 5. The fourth-order valence-electron chi connectivity index (χ4n) is 2.10. The molecule has 5 heteroatoms. The molecule has 112 valence electrons. The number of anilines is 3. The van der Waals surface area contributed by atoms with Crippen LogP contribution in [0, 0.1) is 5.82 Å². The lowest BCUT2D eigenvalue weighted by atomic mass is 10.2. The molecule has 0 fully saturated rings. The zero-order valence-electron chi connectivity index (χ0n) is 12.9. The molecule has 1 aromatic heterocycles. The van der Waals surface area contributed by atoms with Gasteiger partial charge in [0.2, 0.25) is 0 Å². The summed E-state index contributed by atoms with van der Waals surface area (Å²) in [7, 11) is 1.83. The molecule has 0 unspecified atom stereocenters. The van der Waals surface area contributed by atoms with Gasteiger partial charge >= 0.3 is 0 Å². The lowest BCUT2D eigenvalue weighted by molar-refractivity contribution is 0.627. The minimum Gasteiger partial charge on any atom is -0.373 e. The molecule has 0 atom stereocenters. The summed E-state index contributed by atoms with van der Waals surface area (Å²) in [6.07, 6.45) is 0. The first-order valence-corrected chi connectivity index (χ1v) is 7.15. The highest BCUT2D eigenvalue weighted by Crippen LogP contribution is 2.27. The number of nitrogens with one attached hydrogen (secondary N) is 1. The van der Waals surface area contributed by atoms with Crippen LogP contribution < -0.4 is 10.2 Å². The highest BCUT2D eigenvalue weighted by atomic mass is 19.1. The first kappa shape index (κ1) is 15.2. The van der Waals surface area contributed by atoms with Gasteiger partial charge in [-0.25, -0.2) is 14.4 Å². The van der Waals surface area contributed by atoms with Crippen LogP contribution in [0.5, 0.6) is 0 Å². The standard InChI is InChI=1S/C16H21FN4/c1-5-21(13-8-6-7-12(17)9-13)15-10-14(18-4)19-16(20-15)11(2)3/h6-11H,5H2,1-4H3,(H,18,19,20). The van der Waals surface area contributed by atoms with Gasteiger partial charge in [0.25, 0.3) is 0 Å². The second-order valence-electron chi connectivity index (χ2n) is 5.10. The Balaban J connectivity index is 2.48. The van der Waals surface area contributed by atoms with Crippen LogP contribution in [-0.2, 0) is 0 Å². The molecule has 2 aromatic rings. The predicted molar refractivity (Wildman–Crippen MR) is 84.7 cm³/mol. The van der Waals surface area contributed by atoms with Gasteiger partial charge in [-0.1, -0.05) is 19.9 Å². The smallest absolute Gasteiger partial charge is 0.138 e. The van der Waals surface area contributed by atoms with E-state index in [9.17, 15) is 4.39 Å². The van der Waals surface area contributed by atoms with Gasteiger partial charge in [-0.3, -0.25) is 0 Å². The molecule has 0 amide bonds. The summed E-state index contributed by atoms with van der Waals surface area (Å²) in [6, 6.07) is 8.41. The molecule has 0 radical (unpaired) electrons. The first-order valence-electron chi connectivity index (χ1n) is 7.15. The van der Waals surface area contributed by atoms with Gasteiger partial charge in [0.05, 0.1) is 0 Å². The van der Waals surface area contributed by atoms with E-state index >= 15 is 0 Å². The zero-order valence-corrected chi connectivity index (χ0v) is 12.9. The number of hydrogen-bond acceptors (Lipinski definition) is 4. The Hall–Kier alpha value is -2.17. The van der Waals surface area contributed by atoms with Crippen LogP contribution in [0.3, 0.4) is 0 Å². The SMILES string of the molecule is CCN(c1cccc(F)c1)c1cc(NC)nc(C(C)C)n1. The zero-order chi connectivity index (χ0) is 15.4. The van der Waals surface area contributed by atoms with Crippen molar-refractivity contribution in [3.05, 3.63) is 42.0 Å². The molecule has 0 aliphatic carbocycles. The van der Waals surface area contributed by atoms with Crippen LogP contribution >= 0.6 is 0 Å². The fraction of sp³-hybridized carbons (Fsp3) is 0.375. The van der Waals surface area contributed by atoms with E-state index in [0.717, 1.165) is 23.1 Å². The van der Waals surface area contributed by atoms with E-state index in [2.05, 4.69) is 29.1 Å². The van der Waals surface area contributed by atoms with Crippen molar-refractivity contribution < 1.29 is 4.39 Å². The Morgan fingerprint density at radius 1 is 1.24 bits per heavy atom. The van der Waals surface area contributed by atoms with Gasteiger partial charge in [-0.15, -0.1) is 0 Å². The summed E-state index contributed by atoms with van der Waals surface area (Å²) in [5, 5.41) is 3.05. The van der Waals surface area contributed by atoms with Crippen molar-refractivity contribution in [2.24, 2.45) is 0 Å². The second-order valence-corrected chi connectivity index (χ2v) is 5.10. The molecular formula is C16H21FN4. The van der Waals surface area contributed by atoms with Gasteiger partial charge in [0.1, 0.15) is 23.3 Å². The summed E-state index contributed by atoms with van der Waals surface area (Å²) >= 11 is 0. The quantitative estimate of drug-likeness (QED) is 0.904. The van der Waals surface area contributed by atoms with E-state index in [4.69, 9.17) is 0 Å². The van der Waals surface area contributed by atoms with Crippen molar-refractivity contribution in [1.82, 2.24) is 9.97 Å². The van der Waals surface area contributed by atoms with E-state index in [-0.39, 0.29) is 11.7 Å². The molecule has 4 nitrogen and oxygen atoms in total. The highest BCUT2D eigenvalue weighted by Gasteiger charge is 2.14. The molecule has 0 saturated heterocycles. The van der Waals surface area contributed by atoms with Crippen molar-refractivity contribution in [1.29, 1.82) is 0 Å². The summed E-state index contributed by atoms with van der Waals surface area (Å²) < 4.78 is 13.5. The van der Waals surface area contributed by atoms with E-state index in [1.807, 2.05) is 31.0 Å². The Morgan fingerprint density at radius 3 is 2.57 bits per heavy atom. The summed E-state index contributed by atoms with van der Waals surface area (Å²) in [5.41, 5.74) is 0.785. The van der Waals surface area contributed by atoms with Crippen LogP contribution in [0.4, 0.5) is 21.7 Å². The predicted octanol–water partition coefficient (Wildman–Crippen LogP) is 3.94. The van der Waals surface area contributed by atoms with Gasteiger partial charge in [-0.2, -0.15) is 0 Å². The summed E-state index contributed by atoms with van der Waals surface area (Å²) in [5.74, 6) is 2.28. The molecule has 2 rings (SSSR count). The van der Waals surface area contributed by atoms with Crippen LogP contribution in [-0.4, -0.2) is 23.6 Å². The van der Waals surface area contributed by atoms with E-state index in [1.165, 1.54) is 12.1 Å². The van der Waals surface area contributed by atoms with Crippen LogP contribution in [0.25, 0.3) is 0 Å². The number of aromatic nitrogens is 2. The van der Waals surface area contributed by atoms with E-state index < -0.39 is 0 Å². The maximum absolute atomic E-state index is 13.5. The Kier molecular flexibility index (Phi) is 4.73. The van der Waals surface area contributed by atoms with Gasteiger partial charge < -0.3 is 10.2 Å². The number of halogens is 1. The number of nitrogens with zero attached hydrogens (tertiary/aromatic N) is 3. The minimum absolute atomic E-state index is 0.225. The minimum atomic E-state index is -0.252. The van der Waals surface area contributed by atoms with Gasteiger partial charge in [-0.05, 0) is 25.1 Å². The van der Waals surface area contributed by atoms with Crippen LogP contribution in [0.1, 0.15) is 32.5 Å². The third-order valence-corrected chi connectivity index (χ3v) is 3.22.